The molecule has 0 aliphatic carbocycles. The minimum atomic E-state index is 0.903. The van der Waals surface area contributed by atoms with Crippen molar-refractivity contribution in [1.29, 1.82) is 0 Å². The molecule has 0 bridgehead atoms. The van der Waals surface area contributed by atoms with Gasteiger partial charge in [0.2, 0.25) is 0 Å². The summed E-state index contributed by atoms with van der Waals surface area (Å²) in [4.78, 5) is 0. The van der Waals surface area contributed by atoms with E-state index in [1.54, 1.807) is 0 Å². The number of aryl methyl sites for hydroxylation is 2. The van der Waals surface area contributed by atoms with Crippen LogP contribution in [0, 0.1) is 6.92 Å². The van der Waals surface area contributed by atoms with Crippen molar-refractivity contribution in [3.05, 3.63) is 41.6 Å². The van der Waals surface area contributed by atoms with Crippen molar-refractivity contribution >= 4 is 0 Å². The molecule has 0 atom stereocenters. The van der Waals surface area contributed by atoms with Crippen molar-refractivity contribution in [3.8, 4) is 11.3 Å². The van der Waals surface area contributed by atoms with Crippen LogP contribution in [0.1, 0.15) is 31.4 Å². The fourth-order valence-corrected chi connectivity index (χ4v) is 2.28. The summed E-state index contributed by atoms with van der Waals surface area (Å²) in [6.45, 7) is 9.37. The maximum Gasteiger partial charge on any atom is 0.0684 e. The third kappa shape index (κ3) is 3.24. The third-order valence-electron chi connectivity index (χ3n) is 3.35. The zero-order valence-corrected chi connectivity index (χ0v) is 12.1. The van der Waals surface area contributed by atoms with Crippen LogP contribution in [-0.2, 0) is 13.1 Å². The van der Waals surface area contributed by atoms with Crippen LogP contribution in [0.15, 0.2) is 30.5 Å². The lowest BCUT2D eigenvalue weighted by Crippen LogP contribution is -2.13. The largest absolute Gasteiger partial charge is 0.313 e. The number of nitrogens with zero attached hydrogens (tertiary/aromatic N) is 2. The summed E-state index contributed by atoms with van der Waals surface area (Å²) < 4.78 is 2.05. The highest BCUT2D eigenvalue weighted by Gasteiger charge is 2.08. The molecule has 0 unspecified atom stereocenters. The van der Waals surface area contributed by atoms with Crippen LogP contribution >= 0.6 is 0 Å². The number of hydrogen-bond donors (Lipinski definition) is 1. The van der Waals surface area contributed by atoms with E-state index in [4.69, 9.17) is 0 Å². The van der Waals surface area contributed by atoms with Gasteiger partial charge in [0.05, 0.1) is 5.69 Å². The van der Waals surface area contributed by atoms with Gasteiger partial charge >= 0.3 is 0 Å². The Morgan fingerprint density at radius 1 is 1.21 bits per heavy atom. The SMILES string of the molecule is CCCNCc1ccc(C)c(-c2ccnn2CC)c1. The quantitative estimate of drug-likeness (QED) is 0.804. The van der Waals surface area contributed by atoms with Gasteiger partial charge in [0, 0.05) is 24.8 Å². The Morgan fingerprint density at radius 2 is 2.05 bits per heavy atom. The third-order valence-corrected chi connectivity index (χ3v) is 3.35. The Kier molecular flexibility index (Phi) is 4.74. The molecule has 3 nitrogen and oxygen atoms in total. The van der Waals surface area contributed by atoms with E-state index >= 15 is 0 Å². The van der Waals surface area contributed by atoms with Crippen molar-refractivity contribution in [1.82, 2.24) is 15.1 Å². The normalized spacial score (nSPS) is 10.9. The molecule has 0 spiro atoms. The Labute approximate surface area is 115 Å². The van der Waals surface area contributed by atoms with Crippen molar-refractivity contribution < 1.29 is 0 Å². The smallest absolute Gasteiger partial charge is 0.0684 e. The molecule has 19 heavy (non-hydrogen) atoms. The van der Waals surface area contributed by atoms with Crippen LogP contribution in [0.25, 0.3) is 11.3 Å². The monoisotopic (exact) mass is 257 g/mol. The molecule has 3 heteroatoms. The molecule has 2 aromatic rings. The van der Waals surface area contributed by atoms with E-state index in [1.807, 2.05) is 10.9 Å². The second-order valence-electron chi connectivity index (χ2n) is 4.86. The average Bonchev–Trinajstić information content (AvgIpc) is 2.89. The molecule has 1 heterocycles. The minimum absolute atomic E-state index is 0.903. The molecule has 1 N–H and O–H groups in total. The van der Waals surface area contributed by atoms with Gasteiger partial charge in [0.15, 0.2) is 0 Å². The van der Waals surface area contributed by atoms with Gasteiger partial charge in [-0.1, -0.05) is 19.1 Å². The van der Waals surface area contributed by atoms with Gasteiger partial charge in [-0.2, -0.15) is 5.10 Å². The molecule has 0 aliphatic heterocycles. The molecular weight excluding hydrogens is 234 g/mol. The summed E-state index contributed by atoms with van der Waals surface area (Å²) >= 11 is 0. The second kappa shape index (κ2) is 6.53. The van der Waals surface area contributed by atoms with Gasteiger partial charge in [-0.3, -0.25) is 4.68 Å². The van der Waals surface area contributed by atoms with Gasteiger partial charge in [0.1, 0.15) is 0 Å². The molecule has 1 aromatic heterocycles. The van der Waals surface area contributed by atoms with E-state index in [2.05, 4.69) is 55.5 Å². The lowest BCUT2D eigenvalue weighted by Gasteiger charge is -2.11. The van der Waals surface area contributed by atoms with Crippen molar-refractivity contribution in [3.63, 3.8) is 0 Å². The first-order valence-corrected chi connectivity index (χ1v) is 7.08. The van der Waals surface area contributed by atoms with Crippen molar-refractivity contribution in [2.75, 3.05) is 6.54 Å². The van der Waals surface area contributed by atoms with Crippen LogP contribution in [0.4, 0.5) is 0 Å². The molecule has 2 rings (SSSR count). The fourth-order valence-electron chi connectivity index (χ4n) is 2.28. The van der Waals surface area contributed by atoms with Gasteiger partial charge in [-0.05, 0) is 50.1 Å². The fraction of sp³-hybridized carbons (Fsp3) is 0.438. The maximum absolute atomic E-state index is 4.36. The van der Waals surface area contributed by atoms with Gasteiger partial charge in [-0.15, -0.1) is 0 Å². The lowest BCUT2D eigenvalue weighted by atomic mass is 10.0. The molecule has 1 aromatic carbocycles. The summed E-state index contributed by atoms with van der Waals surface area (Å²) in [7, 11) is 0. The Hall–Kier alpha value is -1.61. The average molecular weight is 257 g/mol. The Bertz CT molecular complexity index is 529. The van der Waals surface area contributed by atoms with E-state index in [0.717, 1.165) is 19.6 Å². The first-order chi connectivity index (χ1) is 9.26. The standard InChI is InChI=1S/C16H23N3/c1-4-9-17-12-14-7-6-13(3)15(11-14)16-8-10-18-19(16)5-2/h6-8,10-11,17H,4-5,9,12H2,1-3H3. The summed E-state index contributed by atoms with van der Waals surface area (Å²) in [6.07, 6.45) is 3.04. The summed E-state index contributed by atoms with van der Waals surface area (Å²) in [5, 5.41) is 7.81. The zero-order valence-electron chi connectivity index (χ0n) is 12.1. The van der Waals surface area contributed by atoms with Gasteiger partial charge in [-0.25, -0.2) is 0 Å². The van der Waals surface area contributed by atoms with Crippen LogP contribution in [0.3, 0.4) is 0 Å². The highest BCUT2D eigenvalue weighted by atomic mass is 15.3. The Balaban J connectivity index is 2.27. The zero-order chi connectivity index (χ0) is 13.7. The summed E-state index contributed by atoms with van der Waals surface area (Å²) in [5.41, 5.74) is 5.12. The van der Waals surface area contributed by atoms with E-state index in [-0.39, 0.29) is 0 Å². The molecule has 0 saturated heterocycles. The molecule has 0 saturated carbocycles. The predicted molar refractivity (Wildman–Crippen MR) is 80.1 cm³/mol. The lowest BCUT2D eigenvalue weighted by molar-refractivity contribution is 0.665. The minimum Gasteiger partial charge on any atom is -0.313 e. The summed E-state index contributed by atoms with van der Waals surface area (Å²) in [6, 6.07) is 8.77. The number of benzene rings is 1. The summed E-state index contributed by atoms with van der Waals surface area (Å²) in [5.74, 6) is 0. The van der Waals surface area contributed by atoms with Crippen LogP contribution in [0.2, 0.25) is 0 Å². The van der Waals surface area contributed by atoms with Crippen LogP contribution < -0.4 is 5.32 Å². The van der Waals surface area contributed by atoms with E-state index in [1.165, 1.54) is 28.8 Å². The number of nitrogens with one attached hydrogen (secondary N) is 1. The van der Waals surface area contributed by atoms with Crippen molar-refractivity contribution in [2.24, 2.45) is 0 Å². The second-order valence-corrected chi connectivity index (χ2v) is 4.86. The van der Waals surface area contributed by atoms with Gasteiger partial charge in [0.25, 0.3) is 0 Å². The van der Waals surface area contributed by atoms with E-state index in [9.17, 15) is 0 Å². The first kappa shape index (κ1) is 13.8. The van der Waals surface area contributed by atoms with Crippen molar-refractivity contribution in [2.45, 2.75) is 40.3 Å². The number of hydrogen-bond acceptors (Lipinski definition) is 2. The first-order valence-electron chi connectivity index (χ1n) is 7.08. The topological polar surface area (TPSA) is 29.9 Å². The molecular formula is C16H23N3. The molecule has 102 valence electrons. The Morgan fingerprint density at radius 3 is 2.79 bits per heavy atom. The van der Waals surface area contributed by atoms with E-state index < -0.39 is 0 Å². The van der Waals surface area contributed by atoms with E-state index in [0.29, 0.717) is 0 Å². The van der Waals surface area contributed by atoms with Gasteiger partial charge < -0.3 is 5.32 Å². The number of rotatable bonds is 6. The predicted octanol–water partition coefficient (Wildman–Crippen LogP) is 3.38. The highest BCUT2D eigenvalue weighted by Crippen LogP contribution is 2.24. The highest BCUT2D eigenvalue weighted by molar-refractivity contribution is 5.64. The molecule has 0 amide bonds. The maximum atomic E-state index is 4.36. The molecule has 0 aliphatic rings. The molecule has 0 fully saturated rings. The van der Waals surface area contributed by atoms with Crippen LogP contribution in [0.5, 0.6) is 0 Å². The van der Waals surface area contributed by atoms with Crippen LogP contribution in [-0.4, -0.2) is 16.3 Å². The molecule has 0 radical (unpaired) electrons. The number of aromatic nitrogens is 2.